The van der Waals surface area contributed by atoms with Gasteiger partial charge in [0.15, 0.2) is 0 Å². The molecule has 1 unspecified atom stereocenters. The molecule has 2 heterocycles. The van der Waals surface area contributed by atoms with Crippen molar-refractivity contribution in [1.82, 2.24) is 5.32 Å². The molecule has 3 atom stereocenters. The van der Waals surface area contributed by atoms with E-state index in [4.69, 9.17) is 10.5 Å². The number of nitrogens with one attached hydrogen (secondary N) is 1. The SMILES string of the molecule is NC[C@H]1CC[C@@H](C(=O)NC2CCN(c3ccccc3F)C2=O)O1. The average Bonchev–Trinajstić information content (AvgIpc) is 3.16. The summed E-state index contributed by atoms with van der Waals surface area (Å²) in [7, 11) is 0. The van der Waals surface area contributed by atoms with Gasteiger partial charge in [-0.05, 0) is 31.4 Å². The molecule has 2 saturated heterocycles. The van der Waals surface area contributed by atoms with Crippen molar-refractivity contribution in [1.29, 1.82) is 0 Å². The Morgan fingerprint density at radius 3 is 2.83 bits per heavy atom. The predicted molar refractivity (Wildman–Crippen MR) is 82.3 cm³/mol. The third-order valence-electron chi connectivity index (χ3n) is 4.33. The highest BCUT2D eigenvalue weighted by atomic mass is 19.1. The minimum Gasteiger partial charge on any atom is -0.364 e. The maximum absolute atomic E-state index is 13.8. The number of carbonyl (C=O) groups excluding carboxylic acids is 2. The van der Waals surface area contributed by atoms with Gasteiger partial charge in [0, 0.05) is 13.1 Å². The van der Waals surface area contributed by atoms with Gasteiger partial charge in [-0.2, -0.15) is 0 Å². The van der Waals surface area contributed by atoms with Gasteiger partial charge in [-0.1, -0.05) is 12.1 Å². The number of amides is 2. The van der Waals surface area contributed by atoms with Crippen molar-refractivity contribution in [2.24, 2.45) is 5.73 Å². The van der Waals surface area contributed by atoms with Crippen LogP contribution in [0.15, 0.2) is 24.3 Å². The number of anilines is 1. The summed E-state index contributed by atoms with van der Waals surface area (Å²) in [5.41, 5.74) is 5.77. The Morgan fingerprint density at radius 1 is 1.35 bits per heavy atom. The van der Waals surface area contributed by atoms with Crippen molar-refractivity contribution in [3.05, 3.63) is 30.1 Å². The summed E-state index contributed by atoms with van der Waals surface area (Å²) in [6.07, 6.45) is 1.14. The first-order chi connectivity index (χ1) is 11.1. The summed E-state index contributed by atoms with van der Waals surface area (Å²) < 4.78 is 19.3. The second-order valence-corrected chi connectivity index (χ2v) is 5.85. The zero-order valence-electron chi connectivity index (χ0n) is 12.7. The number of halogens is 1. The molecule has 3 rings (SSSR count). The van der Waals surface area contributed by atoms with Crippen molar-refractivity contribution in [3.8, 4) is 0 Å². The van der Waals surface area contributed by atoms with Gasteiger partial charge >= 0.3 is 0 Å². The Labute approximate surface area is 133 Å². The number of para-hydroxylation sites is 1. The van der Waals surface area contributed by atoms with E-state index in [1.54, 1.807) is 18.2 Å². The fourth-order valence-electron chi connectivity index (χ4n) is 3.06. The summed E-state index contributed by atoms with van der Waals surface area (Å²) in [5, 5.41) is 2.72. The zero-order valence-corrected chi connectivity index (χ0v) is 12.7. The van der Waals surface area contributed by atoms with Crippen molar-refractivity contribution in [2.45, 2.75) is 37.5 Å². The van der Waals surface area contributed by atoms with Crippen LogP contribution in [-0.4, -0.2) is 43.2 Å². The van der Waals surface area contributed by atoms with Crippen LogP contribution < -0.4 is 16.0 Å². The van der Waals surface area contributed by atoms with Crippen LogP contribution in [0.3, 0.4) is 0 Å². The van der Waals surface area contributed by atoms with Crippen molar-refractivity contribution < 1.29 is 18.7 Å². The molecule has 0 spiro atoms. The van der Waals surface area contributed by atoms with Gasteiger partial charge in [0.2, 0.25) is 11.8 Å². The van der Waals surface area contributed by atoms with E-state index in [-0.39, 0.29) is 23.6 Å². The van der Waals surface area contributed by atoms with E-state index in [9.17, 15) is 14.0 Å². The lowest BCUT2D eigenvalue weighted by Crippen LogP contribution is -2.46. The highest BCUT2D eigenvalue weighted by Gasteiger charge is 2.37. The quantitative estimate of drug-likeness (QED) is 0.848. The monoisotopic (exact) mass is 321 g/mol. The molecule has 6 nitrogen and oxygen atoms in total. The topological polar surface area (TPSA) is 84.7 Å². The Morgan fingerprint density at radius 2 is 2.13 bits per heavy atom. The zero-order chi connectivity index (χ0) is 16.4. The number of hydrogen-bond acceptors (Lipinski definition) is 4. The molecule has 124 valence electrons. The minimum atomic E-state index is -0.636. The van der Waals surface area contributed by atoms with E-state index in [2.05, 4.69) is 5.32 Å². The standard InChI is InChI=1S/C16H20FN3O3/c17-11-3-1-2-4-13(11)20-8-7-12(16(20)22)19-15(21)14-6-5-10(9-18)23-14/h1-4,10,12,14H,5-9,18H2,(H,19,21)/t10-,12?,14+/m1/s1. The van der Waals surface area contributed by atoms with Crippen LogP contribution in [0.1, 0.15) is 19.3 Å². The molecule has 0 saturated carbocycles. The summed E-state index contributed by atoms with van der Waals surface area (Å²) >= 11 is 0. The van der Waals surface area contributed by atoms with Crippen LogP contribution in [0.25, 0.3) is 0 Å². The van der Waals surface area contributed by atoms with Gasteiger partial charge in [-0.25, -0.2) is 4.39 Å². The fraction of sp³-hybridized carbons (Fsp3) is 0.500. The number of rotatable bonds is 4. The van der Waals surface area contributed by atoms with Crippen molar-refractivity contribution in [2.75, 3.05) is 18.0 Å². The van der Waals surface area contributed by atoms with Crippen LogP contribution in [0.2, 0.25) is 0 Å². The third kappa shape index (κ3) is 3.20. The molecule has 2 fully saturated rings. The molecular formula is C16H20FN3O3. The number of nitrogens with zero attached hydrogens (tertiary/aromatic N) is 1. The van der Waals surface area contributed by atoms with Crippen molar-refractivity contribution >= 4 is 17.5 Å². The molecule has 23 heavy (non-hydrogen) atoms. The third-order valence-corrected chi connectivity index (χ3v) is 4.33. The molecule has 1 aromatic carbocycles. The maximum atomic E-state index is 13.8. The van der Waals surface area contributed by atoms with Crippen molar-refractivity contribution in [3.63, 3.8) is 0 Å². The van der Waals surface area contributed by atoms with E-state index >= 15 is 0 Å². The first-order valence-electron chi connectivity index (χ1n) is 7.82. The van der Waals surface area contributed by atoms with Gasteiger partial charge in [0.25, 0.3) is 0 Å². The van der Waals surface area contributed by atoms with Gasteiger partial charge < -0.3 is 20.7 Å². The van der Waals surface area contributed by atoms with E-state index in [1.165, 1.54) is 11.0 Å². The Bertz CT molecular complexity index is 610. The van der Waals surface area contributed by atoms with Gasteiger partial charge in [0.05, 0.1) is 11.8 Å². The summed E-state index contributed by atoms with van der Waals surface area (Å²) in [4.78, 5) is 26.0. The smallest absolute Gasteiger partial charge is 0.249 e. The first-order valence-corrected chi connectivity index (χ1v) is 7.82. The van der Waals surface area contributed by atoms with Crippen LogP contribution >= 0.6 is 0 Å². The Hall–Kier alpha value is -1.99. The number of hydrogen-bond donors (Lipinski definition) is 2. The molecule has 2 aliphatic heterocycles. The number of carbonyl (C=O) groups is 2. The van der Waals surface area contributed by atoms with Gasteiger partial charge in [0.1, 0.15) is 18.0 Å². The molecule has 0 aromatic heterocycles. The number of benzene rings is 1. The van der Waals surface area contributed by atoms with Crippen LogP contribution in [0.4, 0.5) is 10.1 Å². The van der Waals surface area contributed by atoms with Crippen LogP contribution in [0.5, 0.6) is 0 Å². The molecule has 0 aliphatic carbocycles. The normalized spacial score (nSPS) is 27.5. The highest BCUT2D eigenvalue weighted by molar-refractivity contribution is 6.01. The largest absolute Gasteiger partial charge is 0.364 e. The van der Waals surface area contributed by atoms with E-state index in [0.717, 1.165) is 6.42 Å². The van der Waals surface area contributed by atoms with E-state index in [0.29, 0.717) is 25.9 Å². The lowest BCUT2D eigenvalue weighted by molar-refractivity contribution is -0.134. The highest BCUT2D eigenvalue weighted by Crippen LogP contribution is 2.25. The summed E-state index contributed by atoms with van der Waals surface area (Å²) in [6, 6.07) is 5.49. The Kier molecular flexibility index (Phi) is 4.58. The minimum absolute atomic E-state index is 0.0973. The lowest BCUT2D eigenvalue weighted by atomic mass is 10.1. The average molecular weight is 321 g/mol. The van der Waals surface area contributed by atoms with E-state index in [1.807, 2.05) is 0 Å². The molecule has 2 aliphatic rings. The Balaban J connectivity index is 1.61. The summed E-state index contributed by atoms with van der Waals surface area (Å²) in [5.74, 6) is -1.04. The second kappa shape index (κ2) is 6.64. The molecule has 0 bridgehead atoms. The lowest BCUT2D eigenvalue weighted by Gasteiger charge is -2.19. The van der Waals surface area contributed by atoms with Gasteiger partial charge in [-0.3, -0.25) is 9.59 Å². The number of ether oxygens (including phenoxy) is 1. The molecule has 2 amide bonds. The first kappa shape index (κ1) is 15.9. The second-order valence-electron chi connectivity index (χ2n) is 5.85. The maximum Gasteiger partial charge on any atom is 0.249 e. The van der Waals surface area contributed by atoms with Crippen LogP contribution in [-0.2, 0) is 14.3 Å². The van der Waals surface area contributed by atoms with Crippen LogP contribution in [0, 0.1) is 5.82 Å². The summed E-state index contributed by atoms with van der Waals surface area (Å²) in [6.45, 7) is 0.759. The molecular weight excluding hydrogens is 301 g/mol. The number of nitrogens with two attached hydrogens (primary N) is 1. The van der Waals surface area contributed by atoms with Gasteiger partial charge in [-0.15, -0.1) is 0 Å². The molecule has 7 heteroatoms. The molecule has 1 aromatic rings. The van der Waals surface area contributed by atoms with E-state index < -0.39 is 18.0 Å². The fourth-order valence-corrected chi connectivity index (χ4v) is 3.06. The predicted octanol–water partition coefficient (Wildman–Crippen LogP) is 0.553. The molecule has 0 radical (unpaired) electrons. The molecule has 3 N–H and O–H groups in total.